The Labute approximate surface area is 173 Å². The second-order valence-corrected chi connectivity index (χ2v) is 7.89. The van der Waals surface area contributed by atoms with E-state index in [4.69, 9.17) is 0 Å². The van der Waals surface area contributed by atoms with Crippen molar-refractivity contribution in [1.82, 2.24) is 19.7 Å². The number of benzene rings is 1. The lowest BCUT2D eigenvalue weighted by Gasteiger charge is -2.31. The minimum atomic E-state index is -0.189. The summed E-state index contributed by atoms with van der Waals surface area (Å²) in [6.45, 7) is 5.18. The predicted octanol–water partition coefficient (Wildman–Crippen LogP) is 3.53. The highest BCUT2D eigenvalue weighted by Crippen LogP contribution is 2.28. The first-order valence-corrected chi connectivity index (χ1v) is 10.5. The lowest BCUT2D eigenvalue weighted by Crippen LogP contribution is -2.50. The highest BCUT2D eigenvalue weighted by atomic mass is 16.2. The Morgan fingerprint density at radius 2 is 1.90 bits per heavy atom. The van der Waals surface area contributed by atoms with Gasteiger partial charge in [0.25, 0.3) is 0 Å². The van der Waals surface area contributed by atoms with Gasteiger partial charge in [-0.25, -0.2) is 4.79 Å². The summed E-state index contributed by atoms with van der Waals surface area (Å²) >= 11 is 0. The topological polar surface area (TPSA) is 57.6 Å². The molecule has 0 radical (unpaired) electrons. The number of hydrogen-bond donors (Lipinski definition) is 1. The van der Waals surface area contributed by atoms with E-state index in [0.717, 1.165) is 30.5 Å². The molecule has 0 aliphatic heterocycles. The van der Waals surface area contributed by atoms with Crippen molar-refractivity contribution in [2.24, 2.45) is 7.05 Å². The van der Waals surface area contributed by atoms with Gasteiger partial charge >= 0.3 is 6.03 Å². The first-order chi connectivity index (χ1) is 14.0. The number of hydrogen-bond acceptors (Lipinski definition) is 2. The van der Waals surface area contributed by atoms with Crippen molar-refractivity contribution in [3.63, 3.8) is 0 Å². The number of urea groups is 1. The van der Waals surface area contributed by atoms with Crippen LogP contribution in [0.3, 0.4) is 0 Å². The maximum absolute atomic E-state index is 13.2. The molecule has 0 saturated heterocycles. The van der Waals surface area contributed by atoms with Crippen molar-refractivity contribution >= 4 is 11.9 Å². The lowest BCUT2D eigenvalue weighted by molar-refractivity contribution is -0.133. The maximum atomic E-state index is 13.2. The summed E-state index contributed by atoms with van der Waals surface area (Å²) in [5.41, 5.74) is 2.15. The second kappa shape index (κ2) is 9.63. The van der Waals surface area contributed by atoms with Gasteiger partial charge in [-0.2, -0.15) is 0 Å². The average molecular weight is 397 g/mol. The van der Waals surface area contributed by atoms with E-state index in [1.807, 2.05) is 79.0 Å². The normalized spacial score (nSPS) is 14.3. The van der Waals surface area contributed by atoms with E-state index in [2.05, 4.69) is 5.32 Å². The summed E-state index contributed by atoms with van der Waals surface area (Å²) < 4.78 is 2.04. The molecule has 6 nitrogen and oxygen atoms in total. The third-order valence-corrected chi connectivity index (χ3v) is 5.67. The van der Waals surface area contributed by atoms with Gasteiger partial charge in [0.2, 0.25) is 5.91 Å². The van der Waals surface area contributed by atoms with Gasteiger partial charge in [0, 0.05) is 37.6 Å². The molecule has 1 aromatic heterocycles. The number of nitrogens with zero attached hydrogens (tertiary/aromatic N) is 3. The van der Waals surface area contributed by atoms with E-state index in [-0.39, 0.29) is 24.5 Å². The third-order valence-electron chi connectivity index (χ3n) is 5.67. The molecular formula is C23H32N4O2. The van der Waals surface area contributed by atoms with Gasteiger partial charge in [-0.15, -0.1) is 0 Å². The van der Waals surface area contributed by atoms with Crippen molar-refractivity contribution in [2.75, 3.05) is 6.54 Å². The Morgan fingerprint density at radius 1 is 1.17 bits per heavy atom. The molecular weight excluding hydrogens is 364 g/mol. The molecule has 1 aliphatic rings. The summed E-state index contributed by atoms with van der Waals surface area (Å²) in [5.74, 6) is 0.0175. The molecule has 1 saturated carbocycles. The largest absolute Gasteiger partial charge is 0.353 e. The number of carbonyl (C=O) groups is 2. The Bertz CT molecular complexity index is 813. The van der Waals surface area contributed by atoms with Crippen LogP contribution in [0.1, 0.15) is 44.4 Å². The molecule has 1 aromatic carbocycles. The van der Waals surface area contributed by atoms with Crippen molar-refractivity contribution in [3.05, 3.63) is 59.9 Å². The van der Waals surface area contributed by atoms with Gasteiger partial charge in [-0.3, -0.25) is 4.79 Å². The quantitative estimate of drug-likeness (QED) is 0.705. The van der Waals surface area contributed by atoms with E-state index in [1.54, 1.807) is 4.90 Å². The Morgan fingerprint density at radius 3 is 2.48 bits per heavy atom. The van der Waals surface area contributed by atoms with Crippen LogP contribution in [0.25, 0.3) is 0 Å². The van der Waals surface area contributed by atoms with Gasteiger partial charge < -0.3 is 19.7 Å². The van der Waals surface area contributed by atoms with Gasteiger partial charge in [-0.1, -0.05) is 37.3 Å². The van der Waals surface area contributed by atoms with Crippen molar-refractivity contribution in [3.8, 4) is 0 Å². The van der Waals surface area contributed by atoms with Crippen molar-refractivity contribution in [1.29, 1.82) is 0 Å². The average Bonchev–Trinajstić information content (AvgIpc) is 3.50. The molecule has 1 aliphatic carbocycles. The summed E-state index contributed by atoms with van der Waals surface area (Å²) in [5, 5.41) is 2.97. The minimum absolute atomic E-state index is 0.00851. The number of nitrogens with one attached hydrogen (secondary N) is 1. The fraction of sp³-hybridized carbons (Fsp3) is 0.478. The highest BCUT2D eigenvalue weighted by Gasteiger charge is 2.34. The fourth-order valence-electron chi connectivity index (χ4n) is 3.40. The van der Waals surface area contributed by atoms with Crippen LogP contribution in [0, 0.1) is 0 Å². The van der Waals surface area contributed by atoms with Crippen LogP contribution in [-0.2, 0) is 24.9 Å². The van der Waals surface area contributed by atoms with Crippen LogP contribution in [0.15, 0.2) is 48.7 Å². The molecule has 3 rings (SSSR count). The van der Waals surface area contributed by atoms with E-state index < -0.39 is 0 Å². The molecule has 1 N–H and O–H groups in total. The van der Waals surface area contributed by atoms with Crippen LogP contribution < -0.4 is 5.32 Å². The standard InChI is InChI=1S/C23H32N4O2/c1-4-18(2)26(23(29)24-15-19-9-6-5-7-10-19)17-22(28)27(20-12-13-20)16-21-11-8-14-25(21)3/h5-11,14,18,20H,4,12-13,15-17H2,1-3H3,(H,24,29). The summed E-state index contributed by atoms with van der Waals surface area (Å²) in [6.07, 6.45) is 4.88. The molecule has 0 spiro atoms. The number of amides is 3. The Balaban J connectivity index is 1.65. The fourth-order valence-corrected chi connectivity index (χ4v) is 3.40. The van der Waals surface area contributed by atoms with Gasteiger partial charge in [0.05, 0.1) is 6.54 Å². The smallest absolute Gasteiger partial charge is 0.318 e. The molecule has 156 valence electrons. The number of rotatable bonds is 9. The predicted molar refractivity (Wildman–Crippen MR) is 114 cm³/mol. The highest BCUT2D eigenvalue weighted by molar-refractivity contribution is 5.84. The summed E-state index contributed by atoms with van der Waals surface area (Å²) in [6, 6.07) is 14.0. The van der Waals surface area contributed by atoms with Gasteiger partial charge in [0.1, 0.15) is 6.54 Å². The van der Waals surface area contributed by atoms with Gasteiger partial charge in [-0.05, 0) is 43.9 Å². The van der Waals surface area contributed by atoms with Crippen molar-refractivity contribution in [2.45, 2.75) is 58.3 Å². The van der Waals surface area contributed by atoms with Crippen LogP contribution in [0.5, 0.6) is 0 Å². The van der Waals surface area contributed by atoms with Gasteiger partial charge in [0.15, 0.2) is 0 Å². The van der Waals surface area contributed by atoms with E-state index in [1.165, 1.54) is 0 Å². The lowest BCUT2D eigenvalue weighted by atomic mass is 10.2. The molecule has 29 heavy (non-hydrogen) atoms. The minimum Gasteiger partial charge on any atom is -0.353 e. The second-order valence-electron chi connectivity index (χ2n) is 7.89. The maximum Gasteiger partial charge on any atom is 0.318 e. The van der Waals surface area contributed by atoms with Crippen LogP contribution in [0.2, 0.25) is 0 Å². The third kappa shape index (κ3) is 5.62. The Kier molecular flexibility index (Phi) is 6.96. The zero-order valence-corrected chi connectivity index (χ0v) is 17.7. The van der Waals surface area contributed by atoms with E-state index in [9.17, 15) is 9.59 Å². The monoisotopic (exact) mass is 396 g/mol. The first-order valence-electron chi connectivity index (χ1n) is 10.5. The summed E-state index contributed by atoms with van der Waals surface area (Å²) in [4.78, 5) is 29.7. The number of aryl methyl sites for hydroxylation is 1. The Hall–Kier alpha value is -2.76. The summed E-state index contributed by atoms with van der Waals surface area (Å²) in [7, 11) is 1.99. The van der Waals surface area contributed by atoms with E-state index >= 15 is 0 Å². The molecule has 1 atom stereocenters. The zero-order valence-electron chi connectivity index (χ0n) is 17.7. The van der Waals surface area contributed by atoms with Crippen LogP contribution in [0.4, 0.5) is 4.79 Å². The zero-order chi connectivity index (χ0) is 20.8. The molecule has 6 heteroatoms. The number of aromatic nitrogens is 1. The number of carbonyl (C=O) groups excluding carboxylic acids is 2. The molecule has 2 aromatic rings. The van der Waals surface area contributed by atoms with Crippen molar-refractivity contribution < 1.29 is 9.59 Å². The molecule has 1 unspecified atom stereocenters. The molecule has 3 amide bonds. The van der Waals surface area contributed by atoms with E-state index in [0.29, 0.717) is 19.1 Å². The molecule has 1 fully saturated rings. The molecule has 1 heterocycles. The SMILES string of the molecule is CCC(C)N(CC(=O)N(Cc1cccn1C)C1CC1)C(=O)NCc1ccccc1. The first kappa shape index (κ1) is 21.0. The van der Waals surface area contributed by atoms with Crippen LogP contribution >= 0.6 is 0 Å². The molecule has 0 bridgehead atoms. The van der Waals surface area contributed by atoms with Crippen LogP contribution in [-0.4, -0.2) is 44.9 Å².